The molecule has 0 amide bonds. The monoisotopic (exact) mass is 259 g/mol. The summed E-state index contributed by atoms with van der Waals surface area (Å²) in [5.41, 5.74) is 0. The Labute approximate surface area is 116 Å². The van der Waals surface area contributed by atoms with Crippen LogP contribution < -0.4 is 0 Å². The van der Waals surface area contributed by atoms with Crippen LogP contribution in [0.25, 0.3) is 0 Å². The Morgan fingerprint density at radius 2 is 0.944 bits per heavy atom. The van der Waals surface area contributed by atoms with Crippen molar-refractivity contribution < 1.29 is 8.97 Å². The molecule has 3 heteroatoms. The van der Waals surface area contributed by atoms with Crippen molar-refractivity contribution in [1.29, 1.82) is 0 Å². The van der Waals surface area contributed by atoms with E-state index in [1.165, 1.54) is 61.3 Å². The minimum absolute atomic E-state index is 1.19. The molecule has 0 aliphatic heterocycles. The first kappa shape index (κ1) is 17.9. The number of likely N-dealkylation sites (N-methyl/N-ethyl adjacent to an activating group) is 3. The van der Waals surface area contributed by atoms with E-state index in [2.05, 4.69) is 53.7 Å². The highest BCUT2D eigenvalue weighted by molar-refractivity contribution is 4.51. The smallest absolute Gasteiger partial charge is 0.0913 e. The average Bonchev–Trinajstić information content (AvgIpc) is 2.42. The fourth-order valence-corrected chi connectivity index (χ4v) is 2.02. The lowest BCUT2D eigenvalue weighted by atomic mass is 10.3. The van der Waals surface area contributed by atoms with Gasteiger partial charge in [-0.1, -0.05) is 0 Å². The van der Waals surface area contributed by atoms with Gasteiger partial charge in [0.25, 0.3) is 0 Å². The van der Waals surface area contributed by atoms with Gasteiger partial charge in [0, 0.05) is 13.1 Å². The lowest BCUT2D eigenvalue weighted by Gasteiger charge is -2.36. The van der Waals surface area contributed by atoms with Gasteiger partial charge in [-0.25, -0.2) is 0 Å². The molecule has 0 aromatic carbocycles. The van der Waals surface area contributed by atoms with Crippen molar-refractivity contribution in [3.63, 3.8) is 0 Å². The highest BCUT2D eigenvalue weighted by Gasteiger charge is 2.19. The quantitative estimate of drug-likeness (QED) is 0.542. The number of hydrogen-bond donors (Lipinski definition) is 0. The molecule has 0 atom stereocenters. The van der Waals surface area contributed by atoms with Gasteiger partial charge in [0.2, 0.25) is 0 Å². The van der Waals surface area contributed by atoms with Crippen molar-refractivity contribution in [3.05, 3.63) is 0 Å². The first-order valence-electron chi connectivity index (χ1n) is 7.70. The fourth-order valence-electron chi connectivity index (χ4n) is 2.02. The van der Waals surface area contributed by atoms with Gasteiger partial charge in [-0.05, 0) is 34.7 Å². The molecular formula is C15H37N3+2. The molecule has 0 aromatic heterocycles. The van der Waals surface area contributed by atoms with E-state index in [4.69, 9.17) is 0 Å². The molecule has 0 radical (unpaired) electrons. The van der Waals surface area contributed by atoms with Gasteiger partial charge in [0.15, 0.2) is 0 Å². The zero-order chi connectivity index (χ0) is 14.2. The van der Waals surface area contributed by atoms with Gasteiger partial charge < -0.3 is 8.97 Å². The van der Waals surface area contributed by atoms with Crippen LogP contribution in [0.5, 0.6) is 0 Å². The van der Waals surface area contributed by atoms with Gasteiger partial charge in [-0.2, -0.15) is 0 Å². The second kappa shape index (κ2) is 8.13. The van der Waals surface area contributed by atoms with Crippen molar-refractivity contribution >= 4 is 0 Å². The maximum Gasteiger partial charge on any atom is 0.0913 e. The summed E-state index contributed by atoms with van der Waals surface area (Å²) in [6.07, 6.45) is 0. The molecule has 0 saturated carbocycles. The summed E-state index contributed by atoms with van der Waals surface area (Å²) in [7, 11) is 7.00. The van der Waals surface area contributed by atoms with Crippen LogP contribution in [0.15, 0.2) is 0 Å². The Bertz CT molecular complexity index is 186. The predicted molar refractivity (Wildman–Crippen MR) is 81.8 cm³/mol. The van der Waals surface area contributed by atoms with Gasteiger partial charge in [-0.3, -0.25) is 4.90 Å². The van der Waals surface area contributed by atoms with Crippen molar-refractivity contribution in [2.24, 2.45) is 0 Å². The number of quaternary nitrogens is 2. The summed E-state index contributed by atoms with van der Waals surface area (Å²) in [5, 5.41) is 0. The third kappa shape index (κ3) is 6.17. The summed E-state index contributed by atoms with van der Waals surface area (Å²) >= 11 is 0. The Kier molecular flexibility index (Phi) is 8.08. The van der Waals surface area contributed by atoms with E-state index in [1.807, 2.05) is 0 Å². The predicted octanol–water partition coefficient (Wildman–Crippen LogP) is 1.89. The lowest BCUT2D eigenvalue weighted by Crippen LogP contribution is -2.50. The normalized spacial score (nSPS) is 13.3. The molecule has 0 aliphatic rings. The highest BCUT2D eigenvalue weighted by Crippen LogP contribution is 2.03. The first-order chi connectivity index (χ1) is 8.34. The van der Waals surface area contributed by atoms with Crippen molar-refractivity contribution in [3.8, 4) is 0 Å². The van der Waals surface area contributed by atoms with Crippen molar-refractivity contribution in [2.45, 2.75) is 27.7 Å². The molecule has 0 fully saturated rings. The van der Waals surface area contributed by atoms with E-state index in [9.17, 15) is 0 Å². The van der Waals surface area contributed by atoms with Crippen molar-refractivity contribution in [1.82, 2.24) is 4.90 Å². The van der Waals surface area contributed by atoms with Gasteiger partial charge in [0.05, 0.1) is 53.4 Å². The first-order valence-corrected chi connectivity index (χ1v) is 7.70. The van der Waals surface area contributed by atoms with Crippen LogP contribution in [-0.4, -0.2) is 87.4 Å². The van der Waals surface area contributed by atoms with E-state index in [1.54, 1.807) is 0 Å². The molecule has 110 valence electrons. The molecular weight excluding hydrogens is 222 g/mol. The van der Waals surface area contributed by atoms with E-state index in [0.717, 1.165) is 0 Å². The van der Waals surface area contributed by atoms with Crippen LogP contribution >= 0.6 is 0 Å². The van der Waals surface area contributed by atoms with E-state index in [0.29, 0.717) is 0 Å². The molecule has 0 N–H and O–H groups in total. The third-order valence-electron chi connectivity index (χ3n) is 5.10. The van der Waals surface area contributed by atoms with Crippen LogP contribution in [-0.2, 0) is 0 Å². The van der Waals surface area contributed by atoms with E-state index < -0.39 is 0 Å². The zero-order valence-electron chi connectivity index (χ0n) is 14.0. The summed E-state index contributed by atoms with van der Waals surface area (Å²) in [6.45, 7) is 19.1. The molecule has 0 spiro atoms. The Hall–Kier alpha value is -0.120. The minimum atomic E-state index is 1.19. The van der Waals surface area contributed by atoms with Gasteiger partial charge in [0.1, 0.15) is 0 Å². The van der Waals surface area contributed by atoms with Gasteiger partial charge >= 0.3 is 0 Å². The highest BCUT2D eigenvalue weighted by atomic mass is 15.4. The molecule has 18 heavy (non-hydrogen) atoms. The molecule has 0 heterocycles. The molecule has 0 unspecified atom stereocenters. The fraction of sp³-hybridized carbons (Fsp3) is 1.00. The van der Waals surface area contributed by atoms with Crippen LogP contribution in [0.2, 0.25) is 0 Å². The Morgan fingerprint density at radius 3 is 1.17 bits per heavy atom. The summed E-state index contributed by atoms with van der Waals surface area (Å²) in [5.74, 6) is 0. The minimum Gasteiger partial charge on any atom is -0.325 e. The summed E-state index contributed by atoms with van der Waals surface area (Å²) in [4.78, 5) is 2.50. The number of hydrogen-bond acceptors (Lipinski definition) is 1. The van der Waals surface area contributed by atoms with Crippen LogP contribution in [0, 0.1) is 0 Å². The number of nitrogens with zero attached hydrogens (tertiary/aromatic N) is 3. The second-order valence-corrected chi connectivity index (χ2v) is 6.25. The molecule has 0 saturated heterocycles. The summed E-state index contributed by atoms with van der Waals surface area (Å²) in [6, 6.07) is 0. The number of rotatable bonds is 10. The lowest BCUT2D eigenvalue weighted by molar-refractivity contribution is -0.908. The summed E-state index contributed by atoms with van der Waals surface area (Å²) < 4.78 is 2.38. The van der Waals surface area contributed by atoms with Crippen molar-refractivity contribution in [2.75, 3.05) is 73.5 Å². The molecule has 0 bridgehead atoms. The topological polar surface area (TPSA) is 3.24 Å². The van der Waals surface area contributed by atoms with E-state index in [-0.39, 0.29) is 0 Å². The zero-order valence-corrected chi connectivity index (χ0v) is 14.0. The maximum atomic E-state index is 2.50. The van der Waals surface area contributed by atoms with Gasteiger partial charge in [-0.15, -0.1) is 0 Å². The standard InChI is InChI=1S/C15H37N3/c1-8-17(6,9-2)14-12-16(5)13-15-18(7,10-3)11-4/h8-15H2,1-7H3/q+2. The van der Waals surface area contributed by atoms with Crippen LogP contribution in [0.1, 0.15) is 27.7 Å². The second-order valence-electron chi connectivity index (χ2n) is 6.25. The SMILES string of the molecule is CC[N+](C)(CC)CCN(C)CC[N+](C)(CC)CC. The Balaban J connectivity index is 4.02. The third-order valence-corrected chi connectivity index (χ3v) is 5.10. The largest absolute Gasteiger partial charge is 0.325 e. The van der Waals surface area contributed by atoms with E-state index >= 15 is 0 Å². The molecule has 0 aromatic rings. The van der Waals surface area contributed by atoms with Crippen LogP contribution in [0.3, 0.4) is 0 Å². The molecule has 0 rings (SSSR count). The molecule has 0 aliphatic carbocycles. The average molecular weight is 259 g/mol. The Morgan fingerprint density at radius 1 is 0.667 bits per heavy atom. The van der Waals surface area contributed by atoms with Crippen LogP contribution in [0.4, 0.5) is 0 Å². The maximum absolute atomic E-state index is 2.50. The molecule has 3 nitrogen and oxygen atoms in total.